The quantitative estimate of drug-likeness (QED) is 0.883. The van der Waals surface area contributed by atoms with Crippen molar-refractivity contribution in [1.82, 2.24) is 9.80 Å². The van der Waals surface area contributed by atoms with Crippen LogP contribution in [0.3, 0.4) is 0 Å². The van der Waals surface area contributed by atoms with Crippen LogP contribution in [0, 0.1) is 0 Å². The molecular weight excluding hydrogens is 350 g/mol. The molecule has 0 radical (unpaired) electrons. The maximum Gasteiger partial charge on any atom is 0.322 e. The standard InChI is InChI=1S/C20H22ClN3O2/c1-3-23-11-12-24(14(2)19(23)25)20(26)22-18-9-7-15(8-10-18)16-5-4-6-17(21)13-16/h4-10,13-14H,3,11-12H2,1-2H3,(H,22,26)/t14-/m1/s1. The monoisotopic (exact) mass is 371 g/mol. The zero-order chi connectivity index (χ0) is 18.7. The Balaban J connectivity index is 1.67. The predicted molar refractivity (Wildman–Crippen MR) is 104 cm³/mol. The number of hydrogen-bond donors (Lipinski definition) is 1. The van der Waals surface area contributed by atoms with Gasteiger partial charge in [-0.15, -0.1) is 0 Å². The molecule has 0 aromatic heterocycles. The molecular formula is C20H22ClN3O2. The Morgan fingerprint density at radius 1 is 1.15 bits per heavy atom. The Morgan fingerprint density at radius 3 is 2.54 bits per heavy atom. The maximum atomic E-state index is 12.5. The van der Waals surface area contributed by atoms with Gasteiger partial charge in [-0.3, -0.25) is 4.79 Å². The molecule has 2 aromatic carbocycles. The number of carbonyl (C=O) groups excluding carboxylic acids is 2. The number of likely N-dealkylation sites (N-methyl/N-ethyl adjacent to an activating group) is 1. The van der Waals surface area contributed by atoms with E-state index in [-0.39, 0.29) is 11.9 Å². The SMILES string of the molecule is CCN1CCN(C(=O)Nc2ccc(-c3cccc(Cl)c3)cc2)[C@H](C)C1=O. The van der Waals surface area contributed by atoms with E-state index in [0.29, 0.717) is 30.3 Å². The molecule has 1 N–H and O–H groups in total. The van der Waals surface area contributed by atoms with E-state index in [1.165, 1.54) is 0 Å². The van der Waals surface area contributed by atoms with Gasteiger partial charge in [0.1, 0.15) is 6.04 Å². The van der Waals surface area contributed by atoms with Crippen LogP contribution in [0.5, 0.6) is 0 Å². The maximum absolute atomic E-state index is 12.5. The Kier molecular flexibility index (Phi) is 5.47. The lowest BCUT2D eigenvalue weighted by atomic mass is 10.1. The molecule has 26 heavy (non-hydrogen) atoms. The molecule has 2 aromatic rings. The second-order valence-corrected chi connectivity index (χ2v) is 6.74. The average molecular weight is 372 g/mol. The van der Waals surface area contributed by atoms with Crippen LogP contribution in [0.15, 0.2) is 48.5 Å². The highest BCUT2D eigenvalue weighted by atomic mass is 35.5. The lowest BCUT2D eigenvalue weighted by molar-refractivity contribution is -0.138. The van der Waals surface area contributed by atoms with Crippen molar-refractivity contribution in [2.24, 2.45) is 0 Å². The van der Waals surface area contributed by atoms with Gasteiger partial charge in [0.25, 0.3) is 0 Å². The third-order valence-corrected chi connectivity index (χ3v) is 4.92. The molecule has 0 saturated carbocycles. The van der Waals surface area contributed by atoms with E-state index < -0.39 is 6.04 Å². The van der Waals surface area contributed by atoms with Gasteiger partial charge in [0.15, 0.2) is 0 Å². The van der Waals surface area contributed by atoms with E-state index in [2.05, 4.69) is 5.32 Å². The fraction of sp³-hybridized carbons (Fsp3) is 0.300. The van der Waals surface area contributed by atoms with E-state index in [1.807, 2.05) is 55.5 Å². The van der Waals surface area contributed by atoms with Gasteiger partial charge >= 0.3 is 6.03 Å². The molecule has 136 valence electrons. The molecule has 0 unspecified atom stereocenters. The van der Waals surface area contributed by atoms with E-state index in [9.17, 15) is 9.59 Å². The van der Waals surface area contributed by atoms with E-state index in [1.54, 1.807) is 16.7 Å². The van der Waals surface area contributed by atoms with Crippen LogP contribution in [-0.2, 0) is 4.79 Å². The number of amides is 3. The van der Waals surface area contributed by atoms with Crippen LogP contribution >= 0.6 is 11.6 Å². The predicted octanol–water partition coefficient (Wildman–Crippen LogP) is 4.09. The summed E-state index contributed by atoms with van der Waals surface area (Å²) in [7, 11) is 0. The molecule has 1 atom stereocenters. The van der Waals surface area contributed by atoms with E-state index in [4.69, 9.17) is 11.6 Å². The molecule has 1 saturated heterocycles. The highest BCUT2D eigenvalue weighted by Crippen LogP contribution is 2.24. The minimum atomic E-state index is -0.450. The van der Waals surface area contributed by atoms with Gasteiger partial charge in [-0.05, 0) is 49.2 Å². The van der Waals surface area contributed by atoms with Crippen LogP contribution in [-0.4, -0.2) is 47.4 Å². The summed E-state index contributed by atoms with van der Waals surface area (Å²) >= 11 is 6.03. The van der Waals surface area contributed by atoms with Gasteiger partial charge in [0.05, 0.1) is 0 Å². The average Bonchev–Trinajstić information content (AvgIpc) is 2.64. The second kappa shape index (κ2) is 7.79. The minimum absolute atomic E-state index is 0.00907. The van der Waals surface area contributed by atoms with Gasteiger partial charge < -0.3 is 15.1 Å². The smallest absolute Gasteiger partial charge is 0.322 e. The van der Waals surface area contributed by atoms with Crippen molar-refractivity contribution in [3.8, 4) is 11.1 Å². The van der Waals surface area contributed by atoms with Crippen molar-refractivity contribution in [3.63, 3.8) is 0 Å². The normalized spacial score (nSPS) is 17.3. The molecule has 3 amide bonds. The topological polar surface area (TPSA) is 52.6 Å². The molecule has 1 aliphatic heterocycles. The highest BCUT2D eigenvalue weighted by molar-refractivity contribution is 6.30. The number of nitrogens with one attached hydrogen (secondary N) is 1. The highest BCUT2D eigenvalue weighted by Gasteiger charge is 2.33. The third kappa shape index (κ3) is 3.83. The van der Waals surface area contributed by atoms with Gasteiger partial charge in [0.2, 0.25) is 5.91 Å². The number of benzene rings is 2. The van der Waals surface area contributed by atoms with Crippen LogP contribution in [0.1, 0.15) is 13.8 Å². The summed E-state index contributed by atoms with van der Waals surface area (Å²) in [6, 6.07) is 14.5. The van der Waals surface area contributed by atoms with Crippen molar-refractivity contribution in [3.05, 3.63) is 53.6 Å². The van der Waals surface area contributed by atoms with Crippen molar-refractivity contribution in [1.29, 1.82) is 0 Å². The Labute approximate surface area is 158 Å². The summed E-state index contributed by atoms with van der Waals surface area (Å²) in [5, 5.41) is 3.56. The lowest BCUT2D eigenvalue weighted by Gasteiger charge is -2.38. The first kappa shape index (κ1) is 18.3. The van der Waals surface area contributed by atoms with Gasteiger partial charge in [-0.25, -0.2) is 4.79 Å². The summed E-state index contributed by atoms with van der Waals surface area (Å²) < 4.78 is 0. The molecule has 3 rings (SSSR count). The molecule has 0 spiro atoms. The summed E-state index contributed by atoms with van der Waals surface area (Å²) in [5.41, 5.74) is 2.73. The van der Waals surface area contributed by atoms with Gasteiger partial charge in [-0.2, -0.15) is 0 Å². The molecule has 1 aliphatic rings. The van der Waals surface area contributed by atoms with Crippen molar-refractivity contribution < 1.29 is 9.59 Å². The Morgan fingerprint density at radius 2 is 1.88 bits per heavy atom. The van der Waals surface area contributed by atoms with Crippen LogP contribution in [0.2, 0.25) is 5.02 Å². The summed E-state index contributed by atoms with van der Waals surface area (Å²) in [6.45, 7) is 5.49. The Hall–Kier alpha value is -2.53. The lowest BCUT2D eigenvalue weighted by Crippen LogP contribution is -2.58. The molecule has 1 heterocycles. The molecule has 0 bridgehead atoms. The zero-order valence-corrected chi connectivity index (χ0v) is 15.7. The van der Waals surface area contributed by atoms with Gasteiger partial charge in [-0.1, -0.05) is 35.9 Å². The summed E-state index contributed by atoms with van der Waals surface area (Å²) in [5.74, 6) is -0.00907. The number of urea groups is 1. The molecule has 5 nitrogen and oxygen atoms in total. The van der Waals surface area contributed by atoms with Crippen molar-refractivity contribution in [2.75, 3.05) is 25.0 Å². The van der Waals surface area contributed by atoms with Crippen molar-refractivity contribution >= 4 is 29.2 Å². The fourth-order valence-corrected chi connectivity index (χ4v) is 3.32. The van der Waals surface area contributed by atoms with Crippen LogP contribution in [0.25, 0.3) is 11.1 Å². The summed E-state index contributed by atoms with van der Waals surface area (Å²) in [6.07, 6.45) is 0. The number of carbonyl (C=O) groups is 2. The first-order valence-corrected chi connectivity index (χ1v) is 9.10. The molecule has 6 heteroatoms. The number of halogens is 1. The molecule has 1 fully saturated rings. The van der Waals surface area contributed by atoms with Crippen LogP contribution < -0.4 is 5.32 Å². The second-order valence-electron chi connectivity index (χ2n) is 6.31. The first-order valence-electron chi connectivity index (χ1n) is 8.72. The van der Waals surface area contributed by atoms with Crippen LogP contribution in [0.4, 0.5) is 10.5 Å². The van der Waals surface area contributed by atoms with E-state index >= 15 is 0 Å². The number of piperazine rings is 1. The number of nitrogens with zero attached hydrogens (tertiary/aromatic N) is 2. The minimum Gasteiger partial charge on any atom is -0.339 e. The number of hydrogen-bond acceptors (Lipinski definition) is 2. The Bertz CT molecular complexity index is 807. The van der Waals surface area contributed by atoms with Crippen molar-refractivity contribution in [2.45, 2.75) is 19.9 Å². The number of anilines is 1. The molecule has 0 aliphatic carbocycles. The van der Waals surface area contributed by atoms with E-state index in [0.717, 1.165) is 11.1 Å². The largest absolute Gasteiger partial charge is 0.339 e. The van der Waals surface area contributed by atoms with Gasteiger partial charge in [0, 0.05) is 30.3 Å². The fourth-order valence-electron chi connectivity index (χ4n) is 3.13. The number of rotatable bonds is 3. The third-order valence-electron chi connectivity index (χ3n) is 4.68. The first-order chi connectivity index (χ1) is 12.5. The zero-order valence-electron chi connectivity index (χ0n) is 14.9. The summed E-state index contributed by atoms with van der Waals surface area (Å²) in [4.78, 5) is 28.1.